The molecular formula is C28H28BrN3O4. The largest absolute Gasteiger partial charge is 0.503 e. The summed E-state index contributed by atoms with van der Waals surface area (Å²) >= 11 is 3.35. The Balaban J connectivity index is 1.96. The number of ether oxygens (including phenoxy) is 2. The quantitative estimate of drug-likeness (QED) is 0.275. The molecule has 1 N–H and O–H groups in total. The number of methoxy groups -OCH3 is 1. The van der Waals surface area contributed by atoms with Gasteiger partial charge in [-0.1, -0.05) is 26.0 Å². The molecule has 0 fully saturated rings. The van der Waals surface area contributed by atoms with E-state index in [0.29, 0.717) is 39.1 Å². The van der Waals surface area contributed by atoms with Crippen molar-refractivity contribution in [2.45, 2.75) is 33.6 Å². The first kappa shape index (κ1) is 25.4. The van der Waals surface area contributed by atoms with Crippen molar-refractivity contribution in [3.05, 3.63) is 80.0 Å². The molecule has 0 bridgehead atoms. The Morgan fingerprint density at radius 1 is 1.17 bits per heavy atom. The second kappa shape index (κ2) is 10.5. The predicted octanol–water partition coefficient (Wildman–Crippen LogP) is 6.25. The highest BCUT2D eigenvalue weighted by molar-refractivity contribution is 9.10. The zero-order valence-corrected chi connectivity index (χ0v) is 22.5. The number of phenols is 1. The van der Waals surface area contributed by atoms with Crippen molar-refractivity contribution in [1.82, 2.24) is 9.66 Å². The highest BCUT2D eigenvalue weighted by atomic mass is 79.9. The van der Waals surface area contributed by atoms with Gasteiger partial charge in [0.2, 0.25) is 0 Å². The number of hydrogen-bond acceptors (Lipinski definition) is 6. The number of rotatable bonds is 7. The number of aromatic nitrogens is 2. The Morgan fingerprint density at radius 3 is 2.61 bits per heavy atom. The summed E-state index contributed by atoms with van der Waals surface area (Å²) in [6, 6.07) is 14.6. The number of nitrogens with zero attached hydrogens (tertiary/aromatic N) is 3. The first-order valence-electron chi connectivity index (χ1n) is 11.7. The van der Waals surface area contributed by atoms with Gasteiger partial charge in [0.1, 0.15) is 5.75 Å². The molecule has 0 spiro atoms. The molecule has 0 atom stereocenters. The van der Waals surface area contributed by atoms with Gasteiger partial charge in [-0.15, -0.1) is 0 Å². The third kappa shape index (κ3) is 4.86. The Morgan fingerprint density at radius 2 is 1.92 bits per heavy atom. The minimum Gasteiger partial charge on any atom is -0.503 e. The lowest BCUT2D eigenvalue weighted by atomic mass is 9.96. The number of aromatic hydroxyl groups is 1. The molecule has 1 heterocycles. The normalized spacial score (nSPS) is 11.5. The molecule has 0 saturated heterocycles. The van der Waals surface area contributed by atoms with Gasteiger partial charge in [-0.25, -0.2) is 4.98 Å². The van der Waals surface area contributed by atoms with Gasteiger partial charge in [0.05, 0.1) is 35.3 Å². The van der Waals surface area contributed by atoms with Crippen molar-refractivity contribution in [3.8, 4) is 28.6 Å². The third-order valence-corrected chi connectivity index (χ3v) is 6.47. The second-order valence-corrected chi connectivity index (χ2v) is 9.51. The Kier molecular flexibility index (Phi) is 7.45. The Bertz CT molecular complexity index is 1530. The van der Waals surface area contributed by atoms with Crippen LogP contribution in [0.3, 0.4) is 0 Å². The fraction of sp³-hybridized carbons (Fsp3) is 0.250. The number of hydrogen-bond donors (Lipinski definition) is 1. The molecule has 7 nitrogen and oxygen atoms in total. The van der Waals surface area contributed by atoms with Gasteiger partial charge in [-0.2, -0.15) is 9.78 Å². The van der Waals surface area contributed by atoms with Crippen LogP contribution >= 0.6 is 15.9 Å². The standard InChI is InChI=1S/C28H28BrN3O4/c1-6-36-25-13-18(12-22(29)26(25)33)15-30-32-27(31-23-10-8-7-9-19(23)28(32)34)21-14-20(16(2)3)24(35-5)11-17(21)4/h7-16,33H,6H2,1-5H3. The number of phenolic OH excluding ortho intramolecular Hbond substituents is 1. The topological polar surface area (TPSA) is 85.9 Å². The third-order valence-electron chi connectivity index (χ3n) is 5.87. The van der Waals surface area contributed by atoms with Crippen LogP contribution in [0.2, 0.25) is 0 Å². The second-order valence-electron chi connectivity index (χ2n) is 8.66. The molecule has 186 valence electrons. The van der Waals surface area contributed by atoms with Gasteiger partial charge >= 0.3 is 0 Å². The summed E-state index contributed by atoms with van der Waals surface area (Å²) in [5, 5.41) is 15.3. The zero-order valence-electron chi connectivity index (χ0n) is 20.9. The van der Waals surface area contributed by atoms with Gasteiger partial charge in [0.15, 0.2) is 17.3 Å². The van der Waals surface area contributed by atoms with E-state index >= 15 is 0 Å². The van der Waals surface area contributed by atoms with Crippen LogP contribution in [0.5, 0.6) is 17.2 Å². The van der Waals surface area contributed by atoms with Gasteiger partial charge < -0.3 is 14.6 Å². The summed E-state index contributed by atoms with van der Waals surface area (Å²) < 4.78 is 12.9. The van der Waals surface area contributed by atoms with E-state index < -0.39 is 0 Å². The number of fused-ring (bicyclic) bond motifs is 1. The monoisotopic (exact) mass is 549 g/mol. The SMILES string of the molecule is CCOc1cc(C=Nn2c(-c3cc(C(C)C)c(OC)cc3C)nc3ccccc3c2=O)cc(Br)c1O. The Hall–Kier alpha value is -3.65. The molecule has 0 aliphatic rings. The molecule has 36 heavy (non-hydrogen) atoms. The van der Waals surface area contributed by atoms with E-state index in [9.17, 15) is 9.90 Å². The van der Waals surface area contributed by atoms with E-state index in [2.05, 4.69) is 34.9 Å². The smallest absolute Gasteiger partial charge is 0.282 e. The summed E-state index contributed by atoms with van der Waals surface area (Å²) in [4.78, 5) is 18.4. The number of aryl methyl sites for hydroxylation is 1. The van der Waals surface area contributed by atoms with Crippen molar-refractivity contribution in [3.63, 3.8) is 0 Å². The molecule has 4 aromatic rings. The first-order chi connectivity index (χ1) is 17.2. The maximum Gasteiger partial charge on any atom is 0.282 e. The maximum absolute atomic E-state index is 13.6. The van der Waals surface area contributed by atoms with Gasteiger partial charge in [-0.3, -0.25) is 4.79 Å². The average Bonchev–Trinajstić information content (AvgIpc) is 2.86. The summed E-state index contributed by atoms with van der Waals surface area (Å²) in [6.07, 6.45) is 1.55. The van der Waals surface area contributed by atoms with Crippen LogP contribution in [0, 0.1) is 6.92 Å². The first-order valence-corrected chi connectivity index (χ1v) is 12.4. The highest BCUT2D eigenvalue weighted by Crippen LogP contribution is 2.36. The molecular weight excluding hydrogens is 522 g/mol. The van der Waals surface area contributed by atoms with E-state index in [0.717, 1.165) is 22.4 Å². The lowest BCUT2D eigenvalue weighted by molar-refractivity contribution is 0.317. The molecule has 0 aliphatic carbocycles. The van der Waals surface area contributed by atoms with E-state index in [1.54, 1.807) is 37.6 Å². The Labute approximate surface area is 218 Å². The van der Waals surface area contributed by atoms with E-state index in [-0.39, 0.29) is 17.2 Å². The van der Waals surface area contributed by atoms with E-state index in [1.807, 2.05) is 38.1 Å². The molecule has 0 unspecified atom stereocenters. The average molecular weight is 550 g/mol. The summed E-state index contributed by atoms with van der Waals surface area (Å²) in [6.45, 7) is 8.38. The van der Waals surface area contributed by atoms with E-state index in [4.69, 9.17) is 14.5 Å². The van der Waals surface area contributed by atoms with Gasteiger partial charge in [-0.05, 0) is 88.8 Å². The zero-order chi connectivity index (χ0) is 26.0. The van der Waals surface area contributed by atoms with Gasteiger partial charge in [0, 0.05) is 5.56 Å². The van der Waals surface area contributed by atoms with Crippen molar-refractivity contribution >= 4 is 33.0 Å². The molecule has 3 aromatic carbocycles. The summed E-state index contributed by atoms with van der Waals surface area (Å²) in [5.74, 6) is 1.76. The van der Waals surface area contributed by atoms with Crippen LogP contribution in [0.1, 0.15) is 43.4 Å². The van der Waals surface area contributed by atoms with Crippen LogP contribution < -0.4 is 15.0 Å². The predicted molar refractivity (Wildman–Crippen MR) is 147 cm³/mol. The van der Waals surface area contributed by atoms with Crippen molar-refractivity contribution in [2.75, 3.05) is 13.7 Å². The van der Waals surface area contributed by atoms with Crippen LogP contribution in [-0.2, 0) is 0 Å². The molecule has 0 radical (unpaired) electrons. The van der Waals surface area contributed by atoms with Crippen LogP contribution in [0.15, 0.2) is 62.9 Å². The van der Waals surface area contributed by atoms with Crippen LogP contribution in [0.4, 0.5) is 0 Å². The van der Waals surface area contributed by atoms with Crippen LogP contribution in [-0.4, -0.2) is 34.7 Å². The molecule has 8 heteroatoms. The molecule has 0 aliphatic heterocycles. The number of para-hydroxylation sites is 1. The lowest BCUT2D eigenvalue weighted by Crippen LogP contribution is -2.20. The van der Waals surface area contributed by atoms with Crippen LogP contribution in [0.25, 0.3) is 22.3 Å². The fourth-order valence-electron chi connectivity index (χ4n) is 4.03. The fourth-order valence-corrected chi connectivity index (χ4v) is 4.49. The van der Waals surface area contributed by atoms with Crippen molar-refractivity contribution < 1.29 is 14.6 Å². The number of halogens is 1. The maximum atomic E-state index is 13.6. The lowest BCUT2D eigenvalue weighted by Gasteiger charge is -2.17. The summed E-state index contributed by atoms with van der Waals surface area (Å²) in [7, 11) is 1.65. The minimum atomic E-state index is -0.281. The number of benzene rings is 3. The molecule has 0 amide bonds. The van der Waals surface area contributed by atoms with Gasteiger partial charge in [0.25, 0.3) is 5.56 Å². The van der Waals surface area contributed by atoms with Crippen molar-refractivity contribution in [2.24, 2.45) is 5.10 Å². The van der Waals surface area contributed by atoms with E-state index in [1.165, 1.54) is 4.68 Å². The molecule has 0 saturated carbocycles. The molecule has 4 rings (SSSR count). The van der Waals surface area contributed by atoms with Crippen molar-refractivity contribution in [1.29, 1.82) is 0 Å². The molecule has 1 aromatic heterocycles. The minimum absolute atomic E-state index is 0.00861. The summed E-state index contributed by atoms with van der Waals surface area (Å²) in [5.41, 5.74) is 3.67. The highest BCUT2D eigenvalue weighted by Gasteiger charge is 2.18.